The van der Waals surface area contributed by atoms with Gasteiger partial charge in [0.05, 0.1) is 5.56 Å². The number of hydrogen-bond donors (Lipinski definition) is 0. The van der Waals surface area contributed by atoms with Crippen molar-refractivity contribution in [2.24, 2.45) is 5.92 Å². The van der Waals surface area contributed by atoms with Crippen LogP contribution in [0.15, 0.2) is 22.8 Å². The maximum Gasteiger partial charge on any atom is 0.167 e. The van der Waals surface area contributed by atoms with Gasteiger partial charge in [-0.2, -0.15) is 0 Å². The molecule has 1 aliphatic carbocycles. The Balaban J connectivity index is 2.37. The van der Waals surface area contributed by atoms with Gasteiger partial charge in [0, 0.05) is 11.8 Å². The van der Waals surface area contributed by atoms with Crippen molar-refractivity contribution in [3.05, 3.63) is 35.1 Å². The summed E-state index contributed by atoms with van der Waals surface area (Å²) in [5.74, 6) is 1.03. The van der Waals surface area contributed by atoms with Crippen LogP contribution in [0.5, 0.6) is 0 Å². The lowest BCUT2D eigenvalue weighted by Crippen LogP contribution is -2.17. The van der Waals surface area contributed by atoms with Crippen LogP contribution < -0.4 is 0 Å². The third kappa shape index (κ3) is 1.43. The number of benzene rings is 1. The van der Waals surface area contributed by atoms with Crippen LogP contribution in [0.2, 0.25) is 0 Å². The van der Waals surface area contributed by atoms with Crippen molar-refractivity contribution in [1.82, 2.24) is 0 Å². The minimum absolute atomic E-state index is 0.221. The van der Waals surface area contributed by atoms with E-state index in [1.54, 1.807) is 6.26 Å². The molecule has 0 N–H and O–H groups in total. The number of carbonyl (C=O) groups is 1. The van der Waals surface area contributed by atoms with E-state index >= 15 is 0 Å². The minimum Gasteiger partial charge on any atom is -0.464 e. The van der Waals surface area contributed by atoms with Gasteiger partial charge in [0.1, 0.15) is 11.8 Å². The topological polar surface area (TPSA) is 30.2 Å². The van der Waals surface area contributed by atoms with Crippen molar-refractivity contribution < 1.29 is 9.21 Å². The molecule has 1 heterocycles. The fourth-order valence-corrected chi connectivity index (χ4v) is 2.85. The molecule has 0 fully saturated rings. The molecule has 88 valence electrons. The SMILES string of the molecule is Cc1cc2c3c(coc3c1)C(=O)C[C@H]2C(C)C. The average molecular weight is 228 g/mol. The molecule has 0 bridgehead atoms. The summed E-state index contributed by atoms with van der Waals surface area (Å²) in [4.78, 5) is 12.1. The molecule has 0 radical (unpaired) electrons. The Bertz CT molecular complexity index is 605. The number of ketones is 1. The Labute approximate surface area is 101 Å². The fraction of sp³-hybridized carbons (Fsp3) is 0.400. The van der Waals surface area contributed by atoms with Crippen LogP contribution >= 0.6 is 0 Å². The second kappa shape index (κ2) is 3.46. The van der Waals surface area contributed by atoms with E-state index in [-0.39, 0.29) is 5.78 Å². The Morgan fingerprint density at radius 1 is 1.35 bits per heavy atom. The Morgan fingerprint density at radius 3 is 2.82 bits per heavy atom. The summed E-state index contributed by atoms with van der Waals surface area (Å²) in [6, 6.07) is 4.22. The molecule has 1 aromatic carbocycles. The Hall–Kier alpha value is -1.57. The van der Waals surface area contributed by atoms with E-state index in [4.69, 9.17) is 4.42 Å². The lowest BCUT2D eigenvalue weighted by molar-refractivity contribution is 0.0963. The summed E-state index contributed by atoms with van der Waals surface area (Å²) in [6.45, 7) is 6.43. The van der Waals surface area contributed by atoms with Gasteiger partial charge in [-0.25, -0.2) is 0 Å². The number of furan rings is 1. The summed E-state index contributed by atoms with van der Waals surface area (Å²) in [5.41, 5.74) is 4.12. The lowest BCUT2D eigenvalue weighted by atomic mass is 9.77. The number of Topliss-reactive ketones (excluding diaryl/α,β-unsaturated/α-hetero) is 1. The third-order valence-corrected chi connectivity index (χ3v) is 3.76. The van der Waals surface area contributed by atoms with E-state index in [1.807, 2.05) is 6.07 Å². The van der Waals surface area contributed by atoms with Gasteiger partial charge in [0.15, 0.2) is 5.78 Å². The molecule has 0 saturated carbocycles. The van der Waals surface area contributed by atoms with Gasteiger partial charge >= 0.3 is 0 Å². The monoisotopic (exact) mass is 228 g/mol. The van der Waals surface area contributed by atoms with Crippen LogP contribution in [0.1, 0.15) is 47.7 Å². The molecule has 0 aliphatic heterocycles. The minimum atomic E-state index is 0.221. The first-order chi connectivity index (χ1) is 8.08. The zero-order valence-corrected chi connectivity index (χ0v) is 10.4. The van der Waals surface area contributed by atoms with Crippen molar-refractivity contribution in [3.63, 3.8) is 0 Å². The highest BCUT2D eigenvalue weighted by atomic mass is 16.3. The van der Waals surface area contributed by atoms with Gasteiger partial charge in [0.2, 0.25) is 0 Å². The highest BCUT2D eigenvalue weighted by Gasteiger charge is 2.31. The van der Waals surface area contributed by atoms with E-state index < -0.39 is 0 Å². The highest BCUT2D eigenvalue weighted by molar-refractivity contribution is 6.10. The normalized spacial score (nSPS) is 19.3. The van der Waals surface area contributed by atoms with Gasteiger partial charge in [-0.1, -0.05) is 19.9 Å². The highest BCUT2D eigenvalue weighted by Crippen LogP contribution is 2.41. The molecule has 0 unspecified atom stereocenters. The van der Waals surface area contributed by atoms with Crippen LogP contribution in [0.4, 0.5) is 0 Å². The van der Waals surface area contributed by atoms with E-state index in [0.29, 0.717) is 18.3 Å². The summed E-state index contributed by atoms with van der Waals surface area (Å²) < 4.78 is 5.52. The largest absolute Gasteiger partial charge is 0.464 e. The predicted molar refractivity (Wildman–Crippen MR) is 67.5 cm³/mol. The molecule has 1 aliphatic rings. The number of rotatable bonds is 1. The zero-order chi connectivity index (χ0) is 12.2. The maximum absolute atomic E-state index is 12.1. The lowest BCUT2D eigenvalue weighted by Gasteiger charge is -2.25. The zero-order valence-electron chi connectivity index (χ0n) is 10.4. The summed E-state index contributed by atoms with van der Waals surface area (Å²) >= 11 is 0. The van der Waals surface area contributed by atoms with E-state index in [1.165, 1.54) is 11.1 Å². The molecule has 1 aromatic heterocycles. The van der Waals surface area contributed by atoms with E-state index in [9.17, 15) is 4.79 Å². The van der Waals surface area contributed by atoms with Gasteiger partial charge in [-0.05, 0) is 36.0 Å². The molecular weight excluding hydrogens is 212 g/mol. The molecule has 0 spiro atoms. The molecule has 3 rings (SSSR count). The Morgan fingerprint density at radius 2 is 2.12 bits per heavy atom. The number of hydrogen-bond acceptors (Lipinski definition) is 2. The first kappa shape index (κ1) is 10.6. The van der Waals surface area contributed by atoms with Gasteiger partial charge in [-0.3, -0.25) is 4.79 Å². The Kier molecular flexibility index (Phi) is 2.15. The molecule has 0 amide bonds. The van der Waals surface area contributed by atoms with Gasteiger partial charge in [-0.15, -0.1) is 0 Å². The van der Waals surface area contributed by atoms with E-state index in [2.05, 4.69) is 26.8 Å². The van der Waals surface area contributed by atoms with Crippen LogP contribution in [-0.4, -0.2) is 5.78 Å². The van der Waals surface area contributed by atoms with Gasteiger partial charge in [0.25, 0.3) is 0 Å². The van der Waals surface area contributed by atoms with Crippen molar-refractivity contribution in [3.8, 4) is 0 Å². The van der Waals surface area contributed by atoms with Crippen molar-refractivity contribution in [2.75, 3.05) is 0 Å². The van der Waals surface area contributed by atoms with Crippen LogP contribution in [0.3, 0.4) is 0 Å². The summed E-state index contributed by atoms with van der Waals surface area (Å²) in [6.07, 6.45) is 2.23. The molecular formula is C15H16O2. The first-order valence-corrected chi connectivity index (χ1v) is 6.13. The third-order valence-electron chi connectivity index (χ3n) is 3.76. The second-order valence-electron chi connectivity index (χ2n) is 5.35. The van der Waals surface area contributed by atoms with E-state index in [0.717, 1.165) is 16.5 Å². The molecule has 17 heavy (non-hydrogen) atoms. The summed E-state index contributed by atoms with van der Waals surface area (Å²) in [5, 5.41) is 1.05. The van der Waals surface area contributed by atoms with Crippen LogP contribution in [-0.2, 0) is 0 Å². The number of aryl methyl sites for hydroxylation is 1. The predicted octanol–water partition coefficient (Wildman–Crippen LogP) is 4.07. The molecule has 2 aromatic rings. The average Bonchev–Trinajstić information content (AvgIpc) is 2.67. The number of carbonyl (C=O) groups excluding carboxylic acids is 1. The molecule has 2 nitrogen and oxygen atoms in total. The van der Waals surface area contributed by atoms with Crippen LogP contribution in [0, 0.1) is 12.8 Å². The molecule has 1 atom stereocenters. The molecule has 0 saturated heterocycles. The van der Waals surface area contributed by atoms with Gasteiger partial charge < -0.3 is 4.42 Å². The summed E-state index contributed by atoms with van der Waals surface area (Å²) in [7, 11) is 0. The van der Waals surface area contributed by atoms with Crippen molar-refractivity contribution >= 4 is 16.8 Å². The first-order valence-electron chi connectivity index (χ1n) is 6.13. The quantitative estimate of drug-likeness (QED) is 0.736. The smallest absolute Gasteiger partial charge is 0.167 e. The standard InChI is InChI=1S/C15H16O2/c1-8(2)10-6-13(16)12-7-17-14-5-9(3)4-11(10)15(12)14/h4-5,7-8,10H,6H2,1-3H3/t10-/m0/s1. The second-order valence-corrected chi connectivity index (χ2v) is 5.35. The fourth-order valence-electron chi connectivity index (χ4n) is 2.85. The molecule has 2 heteroatoms. The van der Waals surface area contributed by atoms with Crippen LogP contribution in [0.25, 0.3) is 11.0 Å². The van der Waals surface area contributed by atoms with Crippen molar-refractivity contribution in [2.45, 2.75) is 33.1 Å². The van der Waals surface area contributed by atoms with Crippen molar-refractivity contribution in [1.29, 1.82) is 0 Å². The maximum atomic E-state index is 12.1.